The third-order valence-electron chi connectivity index (χ3n) is 7.24. The lowest BCUT2D eigenvalue weighted by atomic mass is 9.85. The molecule has 1 aromatic heterocycles. The minimum absolute atomic E-state index is 0.179. The Morgan fingerprint density at radius 3 is 2.44 bits per heavy atom. The molecule has 184 valence electrons. The molecule has 0 aliphatic carbocycles. The molecule has 0 radical (unpaired) electrons. The topological polar surface area (TPSA) is 58.4 Å². The number of urea groups is 1. The normalized spacial score (nSPS) is 18.9. The smallest absolute Gasteiger partial charge is 0.328 e. The standard InChI is InChI=1S/C29H30N4O2S/c1-21(22-12-14-24(36-3)15-13-22)33-28(35)32(18-7-17-31-19-16-30-20-31)27(34)29(33,2)26-11-6-9-23-8-4-5-10-25(23)26/h4-6,8-16,19-21H,7,17-18H2,1-3H3. The second-order valence-electron chi connectivity index (χ2n) is 9.31. The van der Waals surface area contributed by atoms with Crippen LogP contribution < -0.4 is 0 Å². The Bertz CT molecular complexity index is 1380. The van der Waals surface area contributed by atoms with Gasteiger partial charge in [-0.1, -0.05) is 54.6 Å². The quantitative estimate of drug-likeness (QED) is 0.218. The number of carbonyl (C=O) groups excluding carboxylic acids is 2. The first kappa shape index (κ1) is 24.1. The Kier molecular flexibility index (Phi) is 6.58. The molecule has 2 heterocycles. The number of fused-ring (bicyclic) bond motifs is 1. The fraction of sp³-hybridized carbons (Fsp3) is 0.276. The summed E-state index contributed by atoms with van der Waals surface area (Å²) in [6.07, 6.45) is 8.07. The number of benzene rings is 3. The van der Waals surface area contributed by atoms with Gasteiger partial charge in [0, 0.05) is 30.4 Å². The van der Waals surface area contributed by atoms with Gasteiger partial charge in [0.05, 0.1) is 12.4 Å². The zero-order chi connectivity index (χ0) is 25.3. The van der Waals surface area contributed by atoms with E-state index in [9.17, 15) is 9.59 Å². The highest BCUT2D eigenvalue weighted by Crippen LogP contribution is 2.45. The number of rotatable bonds is 8. The molecule has 1 aliphatic heterocycles. The molecule has 3 amide bonds. The van der Waals surface area contributed by atoms with Crippen molar-refractivity contribution in [3.05, 3.63) is 96.6 Å². The molecule has 6 nitrogen and oxygen atoms in total. The van der Waals surface area contributed by atoms with Crippen molar-refractivity contribution in [2.45, 2.75) is 43.3 Å². The number of imide groups is 1. The van der Waals surface area contributed by atoms with Crippen molar-refractivity contribution in [1.29, 1.82) is 0 Å². The summed E-state index contributed by atoms with van der Waals surface area (Å²) in [5, 5.41) is 2.03. The number of carbonyl (C=O) groups is 2. The Hall–Kier alpha value is -3.58. The summed E-state index contributed by atoms with van der Waals surface area (Å²) >= 11 is 1.68. The monoisotopic (exact) mass is 498 g/mol. The lowest BCUT2D eigenvalue weighted by Gasteiger charge is -2.37. The minimum atomic E-state index is -1.13. The van der Waals surface area contributed by atoms with Gasteiger partial charge in [0.2, 0.25) is 0 Å². The van der Waals surface area contributed by atoms with Gasteiger partial charge in [0.15, 0.2) is 0 Å². The molecule has 4 aromatic rings. The molecule has 3 aromatic carbocycles. The molecule has 0 saturated carbocycles. The Balaban J connectivity index is 1.56. The van der Waals surface area contributed by atoms with E-state index in [0.717, 1.165) is 26.8 Å². The highest BCUT2D eigenvalue weighted by Gasteiger charge is 2.57. The van der Waals surface area contributed by atoms with Crippen LogP contribution in [0.25, 0.3) is 10.8 Å². The van der Waals surface area contributed by atoms with Crippen LogP contribution in [-0.4, -0.2) is 44.1 Å². The molecule has 5 rings (SSSR count). The van der Waals surface area contributed by atoms with Gasteiger partial charge in [0.1, 0.15) is 5.54 Å². The van der Waals surface area contributed by atoms with E-state index in [1.165, 1.54) is 4.90 Å². The van der Waals surface area contributed by atoms with E-state index >= 15 is 0 Å². The summed E-state index contributed by atoms with van der Waals surface area (Å²) in [7, 11) is 0. The predicted octanol–water partition coefficient (Wildman–Crippen LogP) is 6.09. The first-order valence-electron chi connectivity index (χ1n) is 12.2. The van der Waals surface area contributed by atoms with Crippen molar-refractivity contribution in [3.63, 3.8) is 0 Å². The first-order chi connectivity index (χ1) is 17.4. The fourth-order valence-corrected chi connectivity index (χ4v) is 5.69. The van der Waals surface area contributed by atoms with Crippen molar-refractivity contribution < 1.29 is 9.59 Å². The average molecular weight is 499 g/mol. The highest BCUT2D eigenvalue weighted by atomic mass is 32.2. The summed E-state index contributed by atoms with van der Waals surface area (Å²) in [5.41, 5.74) is 0.717. The average Bonchev–Trinajstić information content (AvgIpc) is 3.49. The van der Waals surface area contributed by atoms with Crippen LogP contribution in [0.3, 0.4) is 0 Å². The summed E-state index contributed by atoms with van der Waals surface area (Å²) in [6, 6.07) is 21.8. The van der Waals surface area contributed by atoms with Crippen LogP contribution in [0.2, 0.25) is 0 Å². The van der Waals surface area contributed by atoms with Crippen LogP contribution in [0.1, 0.15) is 37.4 Å². The molecule has 1 fully saturated rings. The third kappa shape index (κ3) is 4.07. The van der Waals surface area contributed by atoms with Crippen LogP contribution in [0.5, 0.6) is 0 Å². The molecule has 1 saturated heterocycles. The molecule has 0 bridgehead atoms. The minimum Gasteiger partial charge on any atom is -0.337 e. The van der Waals surface area contributed by atoms with Crippen LogP contribution >= 0.6 is 11.8 Å². The van der Waals surface area contributed by atoms with E-state index in [1.807, 2.05) is 73.3 Å². The molecule has 0 spiro atoms. The van der Waals surface area contributed by atoms with Crippen LogP contribution in [0.15, 0.2) is 90.3 Å². The van der Waals surface area contributed by atoms with E-state index in [1.54, 1.807) is 29.2 Å². The predicted molar refractivity (Wildman–Crippen MR) is 144 cm³/mol. The zero-order valence-electron chi connectivity index (χ0n) is 20.8. The lowest BCUT2D eigenvalue weighted by molar-refractivity contribution is -0.133. The van der Waals surface area contributed by atoms with Gasteiger partial charge in [-0.2, -0.15) is 0 Å². The van der Waals surface area contributed by atoms with E-state index in [4.69, 9.17) is 0 Å². The van der Waals surface area contributed by atoms with E-state index in [2.05, 4.69) is 29.2 Å². The van der Waals surface area contributed by atoms with E-state index in [-0.39, 0.29) is 18.0 Å². The van der Waals surface area contributed by atoms with Crippen LogP contribution in [-0.2, 0) is 16.9 Å². The SMILES string of the molecule is CSc1ccc(C(C)N2C(=O)N(CCCn3ccnc3)C(=O)C2(C)c2cccc3ccccc23)cc1. The van der Waals surface area contributed by atoms with E-state index in [0.29, 0.717) is 19.5 Å². The number of amides is 3. The van der Waals surface area contributed by atoms with Gasteiger partial charge in [0.25, 0.3) is 5.91 Å². The Labute approximate surface area is 215 Å². The molecular formula is C29H30N4O2S. The number of thioether (sulfide) groups is 1. The number of imidazole rings is 1. The van der Waals surface area contributed by atoms with Gasteiger partial charge in [-0.05, 0) is 60.6 Å². The molecule has 0 N–H and O–H groups in total. The number of aryl methyl sites for hydroxylation is 1. The van der Waals surface area contributed by atoms with Crippen molar-refractivity contribution in [3.8, 4) is 0 Å². The third-order valence-corrected chi connectivity index (χ3v) is 7.98. The molecule has 2 atom stereocenters. The summed E-state index contributed by atoms with van der Waals surface area (Å²) in [4.78, 5) is 36.6. The van der Waals surface area contributed by atoms with Crippen molar-refractivity contribution in [1.82, 2.24) is 19.4 Å². The molecule has 2 unspecified atom stereocenters. The van der Waals surface area contributed by atoms with Crippen LogP contribution in [0.4, 0.5) is 4.79 Å². The Morgan fingerprint density at radius 2 is 1.72 bits per heavy atom. The number of hydrogen-bond acceptors (Lipinski definition) is 4. The van der Waals surface area contributed by atoms with Crippen LogP contribution in [0, 0.1) is 0 Å². The maximum atomic E-state index is 14.2. The van der Waals surface area contributed by atoms with E-state index < -0.39 is 5.54 Å². The van der Waals surface area contributed by atoms with Crippen molar-refractivity contribution >= 4 is 34.5 Å². The first-order valence-corrected chi connectivity index (χ1v) is 13.4. The molecule has 7 heteroatoms. The number of aromatic nitrogens is 2. The molecule has 36 heavy (non-hydrogen) atoms. The van der Waals surface area contributed by atoms with Crippen molar-refractivity contribution in [2.75, 3.05) is 12.8 Å². The van der Waals surface area contributed by atoms with Gasteiger partial charge in [-0.25, -0.2) is 9.78 Å². The Morgan fingerprint density at radius 1 is 0.972 bits per heavy atom. The highest BCUT2D eigenvalue weighted by molar-refractivity contribution is 7.98. The number of nitrogens with zero attached hydrogens (tertiary/aromatic N) is 4. The van der Waals surface area contributed by atoms with Gasteiger partial charge in [-0.15, -0.1) is 11.8 Å². The molecular weight excluding hydrogens is 468 g/mol. The van der Waals surface area contributed by atoms with Gasteiger partial charge >= 0.3 is 6.03 Å². The summed E-state index contributed by atoms with van der Waals surface area (Å²) in [5.74, 6) is -0.179. The summed E-state index contributed by atoms with van der Waals surface area (Å²) < 4.78 is 1.96. The zero-order valence-corrected chi connectivity index (χ0v) is 21.6. The summed E-state index contributed by atoms with van der Waals surface area (Å²) in [6.45, 7) is 4.95. The molecule has 1 aliphatic rings. The van der Waals surface area contributed by atoms with Crippen molar-refractivity contribution in [2.24, 2.45) is 0 Å². The largest absolute Gasteiger partial charge is 0.337 e. The fourth-order valence-electron chi connectivity index (χ4n) is 5.28. The maximum Gasteiger partial charge on any atom is 0.328 e. The second kappa shape index (κ2) is 9.82. The second-order valence-corrected chi connectivity index (χ2v) is 10.2. The van der Waals surface area contributed by atoms with Gasteiger partial charge in [-0.3, -0.25) is 14.6 Å². The lowest BCUT2D eigenvalue weighted by Crippen LogP contribution is -2.45. The maximum absolute atomic E-state index is 14.2. The number of hydrogen-bond donors (Lipinski definition) is 0. The van der Waals surface area contributed by atoms with Gasteiger partial charge < -0.3 is 4.57 Å².